The van der Waals surface area contributed by atoms with E-state index in [-0.39, 0.29) is 45.8 Å². The van der Waals surface area contributed by atoms with Crippen LogP contribution >= 0.6 is 11.8 Å². The number of benzene rings is 3. The highest BCUT2D eigenvalue weighted by molar-refractivity contribution is 8.18. The highest BCUT2D eigenvalue weighted by atomic mass is 32.2. The fourth-order valence-electron chi connectivity index (χ4n) is 3.72. The number of carbonyl (C=O) groups is 2. The van der Waals surface area contributed by atoms with Crippen molar-refractivity contribution in [3.8, 4) is 11.5 Å². The molecule has 0 radical (unpaired) electrons. The van der Waals surface area contributed by atoms with Crippen LogP contribution in [-0.4, -0.2) is 37.6 Å². The zero-order valence-corrected chi connectivity index (χ0v) is 22.3. The third-order valence-electron chi connectivity index (χ3n) is 5.65. The molecule has 2 amide bonds. The van der Waals surface area contributed by atoms with Crippen molar-refractivity contribution in [2.45, 2.75) is 31.6 Å². The first kappa shape index (κ1) is 26.5. The van der Waals surface area contributed by atoms with Crippen LogP contribution in [0.5, 0.6) is 11.5 Å². The molecular weight excluding hydrogens is 510 g/mol. The summed E-state index contributed by atoms with van der Waals surface area (Å²) in [6.07, 6.45) is 1.60. The summed E-state index contributed by atoms with van der Waals surface area (Å²) in [4.78, 5) is 26.9. The van der Waals surface area contributed by atoms with Crippen LogP contribution in [0.25, 0.3) is 6.08 Å². The molecule has 0 bridgehead atoms. The Kier molecular flexibility index (Phi) is 8.04. The standard InChI is InChI=1S/C28H27NO6S2/c1-19(2)24-14-9-20(3)17-25(24)34-16-15-29-27(30)26(36-28(29)31)18-21-10-12-22(13-11-21)35-37(32,33)23-7-5-4-6-8-23/h4-14,17-19H,15-16H2,1-3H3/b26-18-. The molecule has 0 unspecified atom stereocenters. The number of thioether (sulfide) groups is 1. The molecule has 0 aromatic heterocycles. The fraction of sp³-hybridized carbons (Fsp3) is 0.214. The zero-order chi connectivity index (χ0) is 26.6. The van der Waals surface area contributed by atoms with Crippen LogP contribution in [0.4, 0.5) is 4.79 Å². The predicted molar refractivity (Wildman–Crippen MR) is 144 cm³/mol. The second-order valence-electron chi connectivity index (χ2n) is 8.80. The van der Waals surface area contributed by atoms with Gasteiger partial charge in [-0.3, -0.25) is 14.5 Å². The molecule has 192 valence electrons. The van der Waals surface area contributed by atoms with E-state index in [0.29, 0.717) is 5.56 Å². The molecule has 0 N–H and O–H groups in total. The number of hydrogen-bond acceptors (Lipinski definition) is 7. The van der Waals surface area contributed by atoms with Crippen LogP contribution in [-0.2, 0) is 14.9 Å². The van der Waals surface area contributed by atoms with E-state index in [2.05, 4.69) is 13.8 Å². The molecule has 9 heteroatoms. The Morgan fingerprint density at radius 3 is 2.35 bits per heavy atom. The molecule has 0 saturated carbocycles. The average molecular weight is 538 g/mol. The minimum atomic E-state index is -3.95. The van der Waals surface area contributed by atoms with Gasteiger partial charge in [0.15, 0.2) is 0 Å². The number of imide groups is 1. The first-order valence-electron chi connectivity index (χ1n) is 11.7. The Bertz CT molecular complexity index is 1430. The van der Waals surface area contributed by atoms with Gasteiger partial charge in [0.25, 0.3) is 11.1 Å². The van der Waals surface area contributed by atoms with Crippen molar-refractivity contribution in [3.05, 3.63) is 94.4 Å². The summed E-state index contributed by atoms with van der Waals surface area (Å²) in [6.45, 7) is 6.48. The first-order chi connectivity index (χ1) is 17.6. The number of ether oxygens (including phenoxy) is 1. The molecule has 1 saturated heterocycles. The molecule has 7 nitrogen and oxygen atoms in total. The Labute approximate surface area is 221 Å². The van der Waals surface area contributed by atoms with Crippen LogP contribution in [0.1, 0.15) is 36.5 Å². The summed E-state index contributed by atoms with van der Waals surface area (Å²) >= 11 is 0.861. The molecule has 3 aromatic carbocycles. The maximum atomic E-state index is 12.9. The highest BCUT2D eigenvalue weighted by Gasteiger charge is 2.34. The number of hydrogen-bond donors (Lipinski definition) is 0. The van der Waals surface area contributed by atoms with Crippen LogP contribution in [0.3, 0.4) is 0 Å². The Hall–Kier alpha value is -3.56. The second-order valence-corrected chi connectivity index (χ2v) is 11.3. The number of carbonyl (C=O) groups excluding carboxylic acids is 2. The Morgan fingerprint density at radius 2 is 1.68 bits per heavy atom. The summed E-state index contributed by atoms with van der Waals surface area (Å²) < 4.78 is 35.9. The quantitative estimate of drug-likeness (QED) is 0.244. The lowest BCUT2D eigenvalue weighted by Crippen LogP contribution is -2.32. The van der Waals surface area contributed by atoms with Gasteiger partial charge >= 0.3 is 10.1 Å². The van der Waals surface area contributed by atoms with E-state index in [1.807, 2.05) is 25.1 Å². The molecule has 3 aromatic rings. The molecule has 4 rings (SSSR count). The third-order valence-corrected chi connectivity index (χ3v) is 7.82. The Morgan fingerprint density at radius 1 is 0.973 bits per heavy atom. The van der Waals surface area contributed by atoms with Gasteiger partial charge in [-0.15, -0.1) is 0 Å². The van der Waals surface area contributed by atoms with Gasteiger partial charge in [-0.05, 0) is 77.7 Å². The minimum absolute atomic E-state index is 0.0551. The van der Waals surface area contributed by atoms with E-state index in [0.717, 1.165) is 28.6 Å². The molecule has 0 atom stereocenters. The van der Waals surface area contributed by atoms with E-state index in [4.69, 9.17) is 8.92 Å². The minimum Gasteiger partial charge on any atom is -0.491 e. The number of rotatable bonds is 9. The average Bonchev–Trinajstić information content (AvgIpc) is 3.13. The smallest absolute Gasteiger partial charge is 0.339 e. The third kappa shape index (κ3) is 6.42. The number of aryl methyl sites for hydroxylation is 1. The molecular formula is C28H27NO6S2. The molecule has 1 aliphatic heterocycles. The van der Waals surface area contributed by atoms with Gasteiger partial charge in [0, 0.05) is 0 Å². The first-order valence-corrected chi connectivity index (χ1v) is 13.9. The van der Waals surface area contributed by atoms with Crippen molar-refractivity contribution in [2.75, 3.05) is 13.2 Å². The van der Waals surface area contributed by atoms with Crippen molar-refractivity contribution in [3.63, 3.8) is 0 Å². The van der Waals surface area contributed by atoms with Gasteiger partial charge in [0.1, 0.15) is 23.0 Å². The predicted octanol–water partition coefficient (Wildman–Crippen LogP) is 6.00. The summed E-state index contributed by atoms with van der Waals surface area (Å²) in [7, 11) is -3.95. The summed E-state index contributed by atoms with van der Waals surface area (Å²) in [6, 6.07) is 20.1. The lowest BCUT2D eigenvalue weighted by Gasteiger charge is -2.17. The van der Waals surface area contributed by atoms with E-state index < -0.39 is 10.1 Å². The zero-order valence-electron chi connectivity index (χ0n) is 20.7. The maximum Gasteiger partial charge on any atom is 0.339 e. The monoisotopic (exact) mass is 537 g/mol. The van der Waals surface area contributed by atoms with E-state index in [1.54, 1.807) is 36.4 Å². The van der Waals surface area contributed by atoms with E-state index in [1.165, 1.54) is 29.2 Å². The molecule has 1 fully saturated rings. The molecule has 37 heavy (non-hydrogen) atoms. The van der Waals surface area contributed by atoms with E-state index in [9.17, 15) is 18.0 Å². The summed E-state index contributed by atoms with van der Waals surface area (Å²) in [5.41, 5.74) is 2.78. The van der Waals surface area contributed by atoms with Gasteiger partial charge in [-0.25, -0.2) is 0 Å². The molecule has 0 aliphatic carbocycles. The maximum absolute atomic E-state index is 12.9. The van der Waals surface area contributed by atoms with Crippen molar-refractivity contribution in [1.29, 1.82) is 0 Å². The van der Waals surface area contributed by atoms with E-state index >= 15 is 0 Å². The van der Waals surface area contributed by atoms with Gasteiger partial charge in [0.2, 0.25) is 0 Å². The van der Waals surface area contributed by atoms with Crippen LogP contribution < -0.4 is 8.92 Å². The lowest BCUT2D eigenvalue weighted by atomic mass is 10.0. The molecule has 1 heterocycles. The van der Waals surface area contributed by atoms with Gasteiger partial charge in [-0.1, -0.05) is 56.3 Å². The van der Waals surface area contributed by atoms with Crippen molar-refractivity contribution in [1.82, 2.24) is 4.90 Å². The normalized spacial score (nSPS) is 15.0. The number of nitrogens with zero attached hydrogens (tertiary/aromatic N) is 1. The van der Waals surface area contributed by atoms with Crippen LogP contribution in [0.2, 0.25) is 0 Å². The van der Waals surface area contributed by atoms with Crippen molar-refractivity contribution < 1.29 is 26.9 Å². The SMILES string of the molecule is Cc1ccc(C(C)C)c(OCCN2C(=O)S/C(=C\c3ccc(OS(=O)(=O)c4ccccc4)cc3)C2=O)c1. The largest absolute Gasteiger partial charge is 0.491 e. The summed E-state index contributed by atoms with van der Waals surface area (Å²) in [5.74, 6) is 0.794. The van der Waals surface area contributed by atoms with Crippen molar-refractivity contribution in [2.24, 2.45) is 0 Å². The topological polar surface area (TPSA) is 90.0 Å². The second kappa shape index (κ2) is 11.2. The highest BCUT2D eigenvalue weighted by Crippen LogP contribution is 2.33. The van der Waals surface area contributed by atoms with Gasteiger partial charge < -0.3 is 8.92 Å². The fourth-order valence-corrected chi connectivity index (χ4v) is 5.53. The van der Waals surface area contributed by atoms with Gasteiger partial charge in [0.05, 0.1) is 11.4 Å². The number of amides is 2. The molecule has 1 aliphatic rings. The van der Waals surface area contributed by atoms with Gasteiger partial charge in [-0.2, -0.15) is 8.42 Å². The summed E-state index contributed by atoms with van der Waals surface area (Å²) in [5, 5.41) is -0.359. The van der Waals surface area contributed by atoms with Crippen LogP contribution in [0, 0.1) is 6.92 Å². The van der Waals surface area contributed by atoms with Crippen LogP contribution in [0.15, 0.2) is 82.6 Å². The Balaban J connectivity index is 1.39. The lowest BCUT2D eigenvalue weighted by molar-refractivity contribution is -0.123. The van der Waals surface area contributed by atoms with Crippen molar-refractivity contribution >= 4 is 39.1 Å². The molecule has 0 spiro atoms.